The second kappa shape index (κ2) is 8.93. The molecule has 0 bridgehead atoms. The first-order chi connectivity index (χ1) is 14.1. The van der Waals surface area contributed by atoms with Crippen LogP contribution >= 0.6 is 0 Å². The van der Waals surface area contributed by atoms with Gasteiger partial charge >= 0.3 is 0 Å². The van der Waals surface area contributed by atoms with Crippen LogP contribution in [-0.2, 0) is 24.3 Å². The molecule has 0 unspecified atom stereocenters. The van der Waals surface area contributed by atoms with E-state index in [0.29, 0.717) is 28.0 Å². The number of hydrogen-bond acceptors (Lipinski definition) is 5. The van der Waals surface area contributed by atoms with E-state index in [0.717, 1.165) is 5.56 Å². The van der Waals surface area contributed by atoms with Crippen molar-refractivity contribution in [2.45, 2.75) is 19.5 Å². The minimum absolute atomic E-state index is 0.0657. The number of terminal acetylenes is 1. The standard InChI is InChI=1S/C22H21N3O4/c1-4-11-25-22(27)17-8-6-5-7-16(17)18(24-25)14-23-21(26)13-15-9-10-19(28-2)20(12-15)29-3/h1,5-10,12H,11,13-14H2,2-3H3,(H,23,26). The van der Waals surface area contributed by atoms with Crippen LogP contribution in [0.3, 0.4) is 0 Å². The highest BCUT2D eigenvalue weighted by atomic mass is 16.5. The molecule has 0 aliphatic rings. The number of nitrogens with zero attached hydrogens (tertiary/aromatic N) is 2. The van der Waals surface area contributed by atoms with Crippen LogP contribution in [-0.4, -0.2) is 29.9 Å². The quantitative estimate of drug-likeness (QED) is 0.622. The maximum atomic E-state index is 12.5. The summed E-state index contributed by atoms with van der Waals surface area (Å²) in [5.74, 6) is 3.40. The lowest BCUT2D eigenvalue weighted by Crippen LogP contribution is -2.29. The highest BCUT2D eigenvalue weighted by Crippen LogP contribution is 2.27. The maximum absolute atomic E-state index is 12.5. The largest absolute Gasteiger partial charge is 0.493 e. The average Bonchev–Trinajstić information content (AvgIpc) is 2.75. The topological polar surface area (TPSA) is 82.5 Å². The van der Waals surface area contributed by atoms with Gasteiger partial charge in [-0.1, -0.05) is 30.2 Å². The Morgan fingerprint density at radius 2 is 1.86 bits per heavy atom. The number of benzene rings is 2. The Bertz CT molecular complexity index is 1140. The first-order valence-electron chi connectivity index (χ1n) is 8.97. The molecular formula is C22H21N3O4. The highest BCUT2D eigenvalue weighted by Gasteiger charge is 2.12. The molecular weight excluding hydrogens is 370 g/mol. The van der Waals surface area contributed by atoms with Crippen molar-refractivity contribution in [3.05, 3.63) is 64.1 Å². The fourth-order valence-electron chi connectivity index (χ4n) is 3.05. The van der Waals surface area contributed by atoms with E-state index in [9.17, 15) is 9.59 Å². The van der Waals surface area contributed by atoms with E-state index in [1.807, 2.05) is 12.1 Å². The third-order valence-electron chi connectivity index (χ3n) is 4.45. The van der Waals surface area contributed by atoms with Crippen molar-refractivity contribution in [1.29, 1.82) is 0 Å². The Morgan fingerprint density at radius 3 is 2.55 bits per heavy atom. The van der Waals surface area contributed by atoms with E-state index >= 15 is 0 Å². The second-order valence-electron chi connectivity index (χ2n) is 6.30. The molecule has 0 aliphatic heterocycles. The van der Waals surface area contributed by atoms with Gasteiger partial charge in [0.05, 0.1) is 38.3 Å². The van der Waals surface area contributed by atoms with Gasteiger partial charge in [-0.25, -0.2) is 4.68 Å². The van der Waals surface area contributed by atoms with Crippen molar-refractivity contribution in [3.8, 4) is 23.8 Å². The molecule has 0 saturated carbocycles. The molecule has 1 amide bonds. The van der Waals surface area contributed by atoms with Crippen molar-refractivity contribution in [3.63, 3.8) is 0 Å². The van der Waals surface area contributed by atoms with Crippen LogP contribution in [0.4, 0.5) is 0 Å². The van der Waals surface area contributed by atoms with Crippen molar-refractivity contribution < 1.29 is 14.3 Å². The van der Waals surface area contributed by atoms with Gasteiger partial charge in [0.2, 0.25) is 5.91 Å². The van der Waals surface area contributed by atoms with E-state index in [1.54, 1.807) is 44.6 Å². The highest BCUT2D eigenvalue weighted by molar-refractivity contribution is 5.84. The number of hydrogen-bond donors (Lipinski definition) is 1. The van der Waals surface area contributed by atoms with E-state index in [1.165, 1.54) is 4.68 Å². The predicted molar refractivity (Wildman–Crippen MR) is 110 cm³/mol. The van der Waals surface area contributed by atoms with E-state index in [2.05, 4.69) is 16.3 Å². The lowest BCUT2D eigenvalue weighted by Gasteiger charge is -2.11. The van der Waals surface area contributed by atoms with Gasteiger partial charge in [-0.05, 0) is 23.8 Å². The molecule has 7 nitrogen and oxygen atoms in total. The Labute approximate surface area is 168 Å². The summed E-state index contributed by atoms with van der Waals surface area (Å²) in [5, 5.41) is 8.39. The number of methoxy groups -OCH3 is 2. The zero-order chi connectivity index (χ0) is 20.8. The summed E-state index contributed by atoms with van der Waals surface area (Å²) in [6.45, 7) is 0.244. The summed E-state index contributed by atoms with van der Waals surface area (Å²) >= 11 is 0. The smallest absolute Gasteiger partial charge is 0.275 e. The molecule has 2 aromatic carbocycles. The number of aromatic nitrogens is 2. The predicted octanol–water partition coefficient (Wildman–Crippen LogP) is 1.91. The average molecular weight is 391 g/mol. The van der Waals surface area contributed by atoms with Crippen LogP contribution in [0, 0.1) is 12.3 Å². The zero-order valence-electron chi connectivity index (χ0n) is 16.3. The number of amides is 1. The molecule has 0 spiro atoms. The SMILES string of the molecule is C#CCn1nc(CNC(=O)Cc2ccc(OC)c(OC)c2)c2ccccc2c1=O. The van der Waals surface area contributed by atoms with Crippen LogP contribution in [0.25, 0.3) is 10.8 Å². The van der Waals surface area contributed by atoms with Gasteiger partial charge in [0, 0.05) is 5.39 Å². The summed E-state index contributed by atoms with van der Waals surface area (Å²) in [6.07, 6.45) is 5.51. The summed E-state index contributed by atoms with van der Waals surface area (Å²) < 4.78 is 11.7. The molecule has 7 heteroatoms. The summed E-state index contributed by atoms with van der Waals surface area (Å²) in [6, 6.07) is 12.5. The Hall–Kier alpha value is -3.79. The third-order valence-corrected chi connectivity index (χ3v) is 4.45. The molecule has 148 valence electrons. The number of ether oxygens (including phenoxy) is 2. The van der Waals surface area contributed by atoms with Gasteiger partial charge in [0.1, 0.15) is 6.54 Å². The van der Waals surface area contributed by atoms with E-state index in [-0.39, 0.29) is 31.0 Å². The summed E-state index contributed by atoms with van der Waals surface area (Å²) in [4.78, 5) is 24.9. The lowest BCUT2D eigenvalue weighted by molar-refractivity contribution is -0.120. The van der Waals surface area contributed by atoms with Crippen LogP contribution < -0.4 is 20.3 Å². The van der Waals surface area contributed by atoms with E-state index in [4.69, 9.17) is 15.9 Å². The molecule has 1 heterocycles. The van der Waals surface area contributed by atoms with Crippen molar-refractivity contribution in [2.24, 2.45) is 0 Å². The summed E-state index contributed by atoms with van der Waals surface area (Å²) in [5.41, 5.74) is 1.12. The maximum Gasteiger partial charge on any atom is 0.275 e. The molecule has 0 radical (unpaired) electrons. The molecule has 29 heavy (non-hydrogen) atoms. The first-order valence-corrected chi connectivity index (χ1v) is 8.97. The van der Waals surface area contributed by atoms with Crippen molar-refractivity contribution >= 4 is 16.7 Å². The van der Waals surface area contributed by atoms with Gasteiger partial charge < -0.3 is 14.8 Å². The van der Waals surface area contributed by atoms with Crippen LogP contribution in [0.1, 0.15) is 11.3 Å². The Kier molecular flexibility index (Phi) is 6.15. The van der Waals surface area contributed by atoms with Gasteiger partial charge in [0.25, 0.3) is 5.56 Å². The fraction of sp³-hybridized carbons (Fsp3) is 0.227. The minimum atomic E-state index is -0.251. The van der Waals surface area contributed by atoms with Gasteiger partial charge in [-0.15, -0.1) is 6.42 Å². The molecule has 1 aromatic heterocycles. The number of rotatable bonds is 7. The molecule has 3 rings (SSSR count). The van der Waals surface area contributed by atoms with Gasteiger partial charge in [-0.3, -0.25) is 9.59 Å². The number of nitrogens with one attached hydrogen (secondary N) is 1. The zero-order valence-corrected chi connectivity index (χ0v) is 16.3. The monoisotopic (exact) mass is 391 g/mol. The van der Waals surface area contributed by atoms with Crippen LogP contribution in [0.15, 0.2) is 47.3 Å². The lowest BCUT2D eigenvalue weighted by atomic mass is 10.1. The minimum Gasteiger partial charge on any atom is -0.493 e. The normalized spacial score (nSPS) is 10.4. The molecule has 0 saturated heterocycles. The molecule has 3 aromatic rings. The Balaban J connectivity index is 1.78. The Morgan fingerprint density at radius 1 is 1.14 bits per heavy atom. The number of fused-ring (bicyclic) bond motifs is 1. The van der Waals surface area contributed by atoms with Gasteiger partial charge in [0.15, 0.2) is 11.5 Å². The first kappa shape index (κ1) is 20.0. The van der Waals surface area contributed by atoms with Gasteiger partial charge in [-0.2, -0.15) is 5.10 Å². The van der Waals surface area contributed by atoms with Crippen LogP contribution in [0.5, 0.6) is 11.5 Å². The third kappa shape index (κ3) is 4.38. The second-order valence-corrected chi connectivity index (χ2v) is 6.30. The van der Waals surface area contributed by atoms with Crippen molar-refractivity contribution in [2.75, 3.05) is 14.2 Å². The molecule has 1 N–H and O–H groups in total. The van der Waals surface area contributed by atoms with E-state index < -0.39 is 0 Å². The summed E-state index contributed by atoms with van der Waals surface area (Å²) in [7, 11) is 3.10. The van der Waals surface area contributed by atoms with Crippen LogP contribution in [0.2, 0.25) is 0 Å². The van der Waals surface area contributed by atoms with Crippen molar-refractivity contribution in [1.82, 2.24) is 15.1 Å². The number of carbonyl (C=O) groups excluding carboxylic acids is 1. The molecule has 0 aliphatic carbocycles. The number of carbonyl (C=O) groups is 1. The molecule has 0 atom stereocenters. The fourth-order valence-corrected chi connectivity index (χ4v) is 3.05. The molecule has 0 fully saturated rings.